The number of aromatic hydroxyl groups is 1. The van der Waals surface area contributed by atoms with Gasteiger partial charge in [-0.2, -0.15) is 8.78 Å². The summed E-state index contributed by atoms with van der Waals surface area (Å²) in [6.07, 6.45) is 0. The Morgan fingerprint density at radius 3 is 2.62 bits per heavy atom. The normalized spacial score (nSPS) is 10.7. The number of amides is 1. The zero-order chi connectivity index (χ0) is 15.4. The maximum atomic E-state index is 12.5. The van der Waals surface area contributed by atoms with Crippen LogP contribution in [0.5, 0.6) is 5.75 Å². The Morgan fingerprint density at radius 2 is 1.90 bits per heavy atom. The van der Waals surface area contributed by atoms with Gasteiger partial charge in [0.25, 0.3) is 11.7 Å². The van der Waals surface area contributed by atoms with Crippen molar-refractivity contribution in [1.82, 2.24) is 0 Å². The van der Waals surface area contributed by atoms with Crippen LogP contribution in [0.2, 0.25) is 0 Å². The Labute approximate surface area is 125 Å². The largest absolute Gasteiger partial charge is 0.508 e. The van der Waals surface area contributed by atoms with Gasteiger partial charge in [-0.15, -0.1) is 0 Å². The summed E-state index contributed by atoms with van der Waals surface area (Å²) < 4.78 is 25.0. The molecule has 2 aromatic carbocycles. The first-order valence-corrected chi connectivity index (χ1v) is 7.01. The summed E-state index contributed by atoms with van der Waals surface area (Å²) in [4.78, 5) is 12.5. The highest BCUT2D eigenvalue weighted by atomic mass is 32.2. The lowest BCUT2D eigenvalue weighted by atomic mass is 10.1. The summed E-state index contributed by atoms with van der Waals surface area (Å²) >= 11 is 0.372. The van der Waals surface area contributed by atoms with E-state index in [4.69, 9.17) is 0 Å². The molecule has 110 valence electrons. The van der Waals surface area contributed by atoms with Crippen LogP contribution in [0.3, 0.4) is 0 Å². The number of benzene rings is 2. The summed E-state index contributed by atoms with van der Waals surface area (Å²) in [5, 5.41) is 12.2. The molecule has 2 rings (SSSR count). The highest BCUT2D eigenvalue weighted by Crippen LogP contribution is 2.32. The number of para-hydroxylation sites is 1. The van der Waals surface area contributed by atoms with E-state index in [2.05, 4.69) is 5.32 Å². The van der Waals surface area contributed by atoms with E-state index < -0.39 is 11.7 Å². The number of phenolic OH excluding ortho intramolecular Hbond substituents is 1. The molecule has 0 aliphatic carbocycles. The molecule has 0 saturated carbocycles. The molecule has 0 fully saturated rings. The van der Waals surface area contributed by atoms with E-state index in [1.54, 1.807) is 37.3 Å². The topological polar surface area (TPSA) is 49.3 Å². The Bertz CT molecular complexity index is 662. The molecule has 0 aliphatic heterocycles. The van der Waals surface area contributed by atoms with Crippen LogP contribution in [-0.2, 0) is 0 Å². The number of nitrogens with one attached hydrogen (secondary N) is 1. The van der Waals surface area contributed by atoms with Crippen molar-refractivity contribution >= 4 is 23.4 Å². The number of thioether (sulfide) groups is 1. The van der Waals surface area contributed by atoms with Crippen molar-refractivity contribution in [2.24, 2.45) is 0 Å². The predicted octanol–water partition coefficient (Wildman–Crippen LogP) is 4.27. The highest BCUT2D eigenvalue weighted by molar-refractivity contribution is 7.99. The molecule has 0 saturated heterocycles. The number of carbonyl (C=O) groups excluding carboxylic acids is 1. The van der Waals surface area contributed by atoms with E-state index >= 15 is 0 Å². The van der Waals surface area contributed by atoms with E-state index in [0.29, 0.717) is 33.5 Å². The standard InChI is InChI=1S/C15H13F2NO2S/c1-9-10(5-4-7-12(9)19)14(20)18-11-6-2-3-8-13(11)21-15(16)17/h2-8,15,19H,1H3,(H,18,20). The molecule has 0 spiro atoms. The lowest BCUT2D eigenvalue weighted by Crippen LogP contribution is -2.14. The summed E-state index contributed by atoms with van der Waals surface area (Å²) in [5.41, 5.74) is 1.05. The zero-order valence-electron chi connectivity index (χ0n) is 11.1. The third kappa shape index (κ3) is 3.72. The molecule has 0 unspecified atom stereocenters. The number of rotatable bonds is 4. The van der Waals surface area contributed by atoms with E-state index in [1.165, 1.54) is 12.1 Å². The molecule has 0 atom stereocenters. The van der Waals surface area contributed by atoms with Gasteiger partial charge in [0, 0.05) is 16.0 Å². The minimum absolute atomic E-state index is 0.0119. The van der Waals surface area contributed by atoms with Crippen molar-refractivity contribution in [2.45, 2.75) is 17.6 Å². The minimum Gasteiger partial charge on any atom is -0.508 e. The smallest absolute Gasteiger partial charge is 0.288 e. The molecule has 0 bridgehead atoms. The van der Waals surface area contributed by atoms with Crippen molar-refractivity contribution in [3.05, 3.63) is 53.6 Å². The van der Waals surface area contributed by atoms with Gasteiger partial charge in [0.1, 0.15) is 5.75 Å². The highest BCUT2D eigenvalue weighted by Gasteiger charge is 2.15. The second-order valence-electron chi connectivity index (χ2n) is 4.28. The van der Waals surface area contributed by atoms with Crippen LogP contribution in [0.4, 0.5) is 14.5 Å². The lowest BCUT2D eigenvalue weighted by molar-refractivity contribution is 0.102. The van der Waals surface area contributed by atoms with E-state index in [1.807, 2.05) is 0 Å². The van der Waals surface area contributed by atoms with Crippen LogP contribution in [0.25, 0.3) is 0 Å². The quantitative estimate of drug-likeness (QED) is 0.829. The second-order valence-corrected chi connectivity index (χ2v) is 5.31. The van der Waals surface area contributed by atoms with Crippen LogP contribution in [0.15, 0.2) is 47.4 Å². The molecular weight excluding hydrogens is 296 g/mol. The number of carbonyl (C=O) groups is 1. The Morgan fingerprint density at radius 1 is 1.19 bits per heavy atom. The van der Waals surface area contributed by atoms with Crippen LogP contribution in [0.1, 0.15) is 15.9 Å². The van der Waals surface area contributed by atoms with E-state index in [0.717, 1.165) is 0 Å². The molecule has 2 N–H and O–H groups in total. The van der Waals surface area contributed by atoms with Gasteiger partial charge in [0.15, 0.2) is 0 Å². The molecule has 6 heteroatoms. The summed E-state index contributed by atoms with van der Waals surface area (Å²) in [6, 6.07) is 10.9. The lowest BCUT2D eigenvalue weighted by Gasteiger charge is -2.12. The van der Waals surface area contributed by atoms with E-state index in [-0.39, 0.29) is 5.75 Å². The van der Waals surface area contributed by atoms with Crippen molar-refractivity contribution in [1.29, 1.82) is 0 Å². The fraction of sp³-hybridized carbons (Fsp3) is 0.133. The fourth-order valence-corrected chi connectivity index (χ4v) is 2.42. The number of hydrogen-bond donors (Lipinski definition) is 2. The third-order valence-corrected chi connectivity index (χ3v) is 3.69. The maximum absolute atomic E-state index is 12.5. The average Bonchev–Trinajstić information content (AvgIpc) is 2.43. The summed E-state index contributed by atoms with van der Waals surface area (Å²) in [6.45, 7) is 1.62. The number of phenols is 1. The molecule has 21 heavy (non-hydrogen) atoms. The molecule has 2 aromatic rings. The van der Waals surface area contributed by atoms with Gasteiger partial charge in [-0.1, -0.05) is 30.0 Å². The van der Waals surface area contributed by atoms with Crippen molar-refractivity contribution < 1.29 is 18.7 Å². The number of halogens is 2. The monoisotopic (exact) mass is 309 g/mol. The molecule has 0 aliphatic rings. The third-order valence-electron chi connectivity index (χ3n) is 2.90. The van der Waals surface area contributed by atoms with Gasteiger partial charge >= 0.3 is 0 Å². The number of hydrogen-bond acceptors (Lipinski definition) is 3. The van der Waals surface area contributed by atoms with Crippen LogP contribution >= 0.6 is 11.8 Å². The van der Waals surface area contributed by atoms with Gasteiger partial charge in [0.2, 0.25) is 0 Å². The average molecular weight is 309 g/mol. The first-order valence-electron chi connectivity index (χ1n) is 6.13. The molecule has 0 heterocycles. The van der Waals surface area contributed by atoms with Gasteiger partial charge in [-0.25, -0.2) is 0 Å². The van der Waals surface area contributed by atoms with Crippen molar-refractivity contribution in [3.8, 4) is 5.75 Å². The molecule has 0 aromatic heterocycles. The van der Waals surface area contributed by atoms with Crippen LogP contribution in [-0.4, -0.2) is 16.8 Å². The molecular formula is C15H13F2NO2S. The SMILES string of the molecule is Cc1c(O)cccc1C(=O)Nc1ccccc1SC(F)F. The second kappa shape index (κ2) is 6.58. The zero-order valence-corrected chi connectivity index (χ0v) is 12.0. The number of anilines is 1. The Hall–Kier alpha value is -2.08. The predicted molar refractivity (Wildman–Crippen MR) is 79.1 cm³/mol. The first kappa shape index (κ1) is 15.3. The van der Waals surface area contributed by atoms with Gasteiger partial charge < -0.3 is 10.4 Å². The minimum atomic E-state index is -2.56. The first-order chi connectivity index (χ1) is 9.99. The molecule has 1 amide bonds. The maximum Gasteiger partial charge on any atom is 0.288 e. The van der Waals surface area contributed by atoms with Crippen LogP contribution < -0.4 is 5.32 Å². The fourth-order valence-electron chi connectivity index (χ4n) is 1.83. The van der Waals surface area contributed by atoms with Gasteiger partial charge in [-0.3, -0.25) is 4.79 Å². The van der Waals surface area contributed by atoms with Crippen LogP contribution in [0, 0.1) is 6.92 Å². The van der Waals surface area contributed by atoms with Crippen molar-refractivity contribution in [3.63, 3.8) is 0 Å². The summed E-state index contributed by atoms with van der Waals surface area (Å²) in [5.74, 6) is -3.01. The summed E-state index contributed by atoms with van der Waals surface area (Å²) in [7, 11) is 0. The van der Waals surface area contributed by atoms with Gasteiger partial charge in [-0.05, 0) is 31.2 Å². The molecule has 0 radical (unpaired) electrons. The Balaban J connectivity index is 2.26. The molecule has 3 nitrogen and oxygen atoms in total. The number of alkyl halides is 2. The van der Waals surface area contributed by atoms with E-state index in [9.17, 15) is 18.7 Å². The Kier molecular flexibility index (Phi) is 4.80. The van der Waals surface area contributed by atoms with Crippen molar-refractivity contribution in [2.75, 3.05) is 5.32 Å². The van der Waals surface area contributed by atoms with Gasteiger partial charge in [0.05, 0.1) is 5.69 Å².